The van der Waals surface area contributed by atoms with Crippen LogP contribution in [0.3, 0.4) is 0 Å². The Bertz CT molecular complexity index is 1060. The fourth-order valence-electron chi connectivity index (χ4n) is 7.18. The lowest BCUT2D eigenvalue weighted by Crippen LogP contribution is -2.50. The van der Waals surface area contributed by atoms with Crippen molar-refractivity contribution in [3.05, 3.63) is 36.5 Å². The van der Waals surface area contributed by atoms with Crippen molar-refractivity contribution >= 4 is 17.9 Å². The Morgan fingerprint density at radius 3 is 1.34 bits per heavy atom. The number of carbonyl (C=O) groups is 3. The lowest BCUT2D eigenvalue weighted by atomic mass is 10.1. The third kappa shape index (κ3) is 40.7. The minimum Gasteiger partial charge on any atom is -0.477 e. The number of ether oxygens (including phenoxy) is 3. The van der Waals surface area contributed by atoms with Gasteiger partial charge in [0.15, 0.2) is 12.1 Å². The van der Waals surface area contributed by atoms with Crippen LogP contribution >= 0.6 is 0 Å². The molecule has 0 bridgehead atoms. The number of allylic oxidation sites excluding steroid dienone is 6. The first-order valence-corrected chi connectivity index (χ1v) is 24.5. The molecule has 0 aromatic carbocycles. The monoisotopic (exact) mass is 833 g/mol. The summed E-state index contributed by atoms with van der Waals surface area (Å²) in [5.41, 5.74) is 0. The summed E-state index contributed by atoms with van der Waals surface area (Å²) in [7, 11) is 5.53. The number of aliphatic carboxylic acids is 1. The lowest BCUT2D eigenvalue weighted by molar-refractivity contribution is -0.887. The molecule has 0 aliphatic rings. The van der Waals surface area contributed by atoms with E-state index in [4.69, 9.17) is 14.2 Å². The van der Waals surface area contributed by atoms with Crippen LogP contribution in [-0.4, -0.2) is 80.6 Å². The van der Waals surface area contributed by atoms with E-state index < -0.39 is 18.1 Å². The predicted molar refractivity (Wildman–Crippen MR) is 248 cm³/mol. The highest BCUT2D eigenvalue weighted by atomic mass is 16.6. The van der Waals surface area contributed by atoms with Gasteiger partial charge in [0, 0.05) is 19.3 Å². The minimum absolute atomic E-state index is 0.0561. The van der Waals surface area contributed by atoms with Gasteiger partial charge in [-0.15, -0.1) is 0 Å². The number of likely N-dealkylation sites (N-methyl/N-ethyl adjacent to an activating group) is 1. The van der Waals surface area contributed by atoms with Crippen LogP contribution in [0, 0.1) is 0 Å². The lowest BCUT2D eigenvalue weighted by Gasteiger charge is -2.31. The molecule has 0 saturated heterocycles. The zero-order chi connectivity index (χ0) is 43.5. The molecule has 0 spiro atoms. The average Bonchev–Trinajstić information content (AvgIpc) is 3.19. The second kappa shape index (κ2) is 42.2. The number of nitrogens with zero attached hydrogens (tertiary/aromatic N) is 1. The van der Waals surface area contributed by atoms with Gasteiger partial charge in [-0.05, 0) is 70.6 Å². The van der Waals surface area contributed by atoms with Gasteiger partial charge in [0.25, 0.3) is 0 Å². The summed E-state index contributed by atoms with van der Waals surface area (Å²) in [5.74, 6) is -1.48. The van der Waals surface area contributed by atoms with E-state index in [1.54, 1.807) is 0 Å². The van der Waals surface area contributed by atoms with Gasteiger partial charge in [0.2, 0.25) is 0 Å². The molecule has 0 aromatic rings. The van der Waals surface area contributed by atoms with Crippen LogP contribution in [0.4, 0.5) is 0 Å². The number of hydrogen-bond acceptors (Lipinski definition) is 6. The summed E-state index contributed by atoms with van der Waals surface area (Å²) < 4.78 is 17.3. The van der Waals surface area contributed by atoms with E-state index in [-0.39, 0.29) is 36.2 Å². The zero-order valence-electron chi connectivity index (χ0n) is 39.2. The number of esters is 2. The van der Waals surface area contributed by atoms with Crippen LogP contribution in [0.25, 0.3) is 0 Å². The number of quaternary nitrogens is 1. The highest BCUT2D eigenvalue weighted by Crippen LogP contribution is 2.15. The third-order valence-corrected chi connectivity index (χ3v) is 11.0. The van der Waals surface area contributed by atoms with Crippen molar-refractivity contribution in [3.8, 4) is 0 Å². The van der Waals surface area contributed by atoms with Gasteiger partial charge >= 0.3 is 17.9 Å². The highest BCUT2D eigenvalue weighted by Gasteiger charge is 2.31. The van der Waals surface area contributed by atoms with E-state index in [9.17, 15) is 19.5 Å². The Balaban J connectivity index is 4.28. The smallest absolute Gasteiger partial charge is 0.362 e. The fraction of sp³-hybridized carbons (Fsp3) is 0.824. The summed E-state index contributed by atoms with van der Waals surface area (Å²) >= 11 is 0. The van der Waals surface area contributed by atoms with Crippen molar-refractivity contribution in [1.82, 2.24) is 0 Å². The number of carboxylic acid groups (broad SMARTS) is 1. The maximum Gasteiger partial charge on any atom is 0.362 e. The van der Waals surface area contributed by atoms with E-state index in [0.717, 1.165) is 64.2 Å². The molecule has 0 heterocycles. The minimum atomic E-state index is -0.877. The van der Waals surface area contributed by atoms with Gasteiger partial charge in [-0.25, -0.2) is 4.79 Å². The Labute approximate surface area is 364 Å². The van der Waals surface area contributed by atoms with E-state index >= 15 is 0 Å². The van der Waals surface area contributed by atoms with Crippen molar-refractivity contribution in [1.29, 1.82) is 0 Å². The summed E-state index contributed by atoms with van der Waals surface area (Å²) in [6.07, 6.45) is 49.0. The van der Waals surface area contributed by atoms with Gasteiger partial charge < -0.3 is 23.8 Å². The van der Waals surface area contributed by atoms with Crippen LogP contribution < -0.4 is 0 Å². The number of rotatable bonds is 44. The first kappa shape index (κ1) is 56.5. The van der Waals surface area contributed by atoms with Gasteiger partial charge in [-0.2, -0.15) is 0 Å². The number of carboxylic acids is 1. The Hall–Kier alpha value is -2.45. The Morgan fingerprint density at radius 1 is 0.508 bits per heavy atom. The standard InChI is InChI=1S/C51H93NO7/c1-6-8-10-12-14-16-18-20-22-24-25-26-28-29-31-33-35-37-39-41-49(53)58-46-47(45-57-44-43-48(51(55)56)52(3,4)5)59-50(54)42-40-38-36-34-32-30-27-23-21-19-17-15-13-11-9-7-2/h17,19-20,22-23,27,47-48H,6-16,18,21,24-26,28-46H2,1-5H3/p+1/b19-17-,22-20-,27-23-. The second-order valence-corrected chi connectivity index (χ2v) is 17.7. The molecule has 0 radical (unpaired) electrons. The van der Waals surface area contributed by atoms with Crippen LogP contribution in [0.1, 0.15) is 219 Å². The molecule has 0 saturated carbocycles. The molecule has 0 aliphatic carbocycles. The van der Waals surface area contributed by atoms with Crippen LogP contribution in [0.5, 0.6) is 0 Å². The van der Waals surface area contributed by atoms with Crippen molar-refractivity contribution < 1.29 is 38.2 Å². The SMILES string of the molecule is CCCCCC/C=C\C/C=C\CCCCCCCC(=O)OC(COCCC(C(=O)O)[N+](C)(C)C)COC(=O)CCCCCCCCCCC/C=C\CCCCCCCC. The fourth-order valence-corrected chi connectivity index (χ4v) is 7.18. The normalized spacial score (nSPS) is 13.2. The van der Waals surface area contributed by atoms with E-state index in [2.05, 4.69) is 50.3 Å². The predicted octanol–water partition coefficient (Wildman–Crippen LogP) is 13.8. The van der Waals surface area contributed by atoms with E-state index in [1.165, 1.54) is 122 Å². The highest BCUT2D eigenvalue weighted by molar-refractivity contribution is 5.72. The molecule has 0 amide bonds. The maximum absolute atomic E-state index is 12.8. The summed E-state index contributed by atoms with van der Waals surface area (Å²) in [5, 5.41) is 9.64. The molecule has 2 atom stereocenters. The maximum atomic E-state index is 12.8. The second-order valence-electron chi connectivity index (χ2n) is 17.7. The van der Waals surface area contributed by atoms with Crippen molar-refractivity contribution in [2.75, 3.05) is 41.0 Å². The average molecular weight is 833 g/mol. The van der Waals surface area contributed by atoms with Crippen LogP contribution in [0.2, 0.25) is 0 Å². The first-order chi connectivity index (χ1) is 28.6. The van der Waals surface area contributed by atoms with Crippen LogP contribution in [-0.2, 0) is 28.6 Å². The van der Waals surface area contributed by atoms with Crippen molar-refractivity contribution in [2.24, 2.45) is 0 Å². The molecular weight excluding hydrogens is 739 g/mol. The third-order valence-electron chi connectivity index (χ3n) is 11.0. The molecule has 8 heteroatoms. The number of hydrogen-bond donors (Lipinski definition) is 1. The van der Waals surface area contributed by atoms with Crippen LogP contribution in [0.15, 0.2) is 36.5 Å². The summed E-state index contributed by atoms with van der Waals surface area (Å²) in [6.45, 7) is 4.72. The number of unbranched alkanes of at least 4 members (excludes halogenated alkanes) is 24. The molecule has 8 nitrogen and oxygen atoms in total. The van der Waals surface area contributed by atoms with Gasteiger partial charge in [0.1, 0.15) is 6.61 Å². The molecular formula is C51H94NO7+. The molecule has 59 heavy (non-hydrogen) atoms. The van der Waals surface area contributed by atoms with E-state index in [1.807, 2.05) is 21.1 Å². The van der Waals surface area contributed by atoms with Gasteiger partial charge in [0.05, 0.1) is 34.4 Å². The Morgan fingerprint density at radius 2 is 0.898 bits per heavy atom. The zero-order valence-corrected chi connectivity index (χ0v) is 39.2. The quantitative estimate of drug-likeness (QED) is 0.0282. The first-order valence-electron chi connectivity index (χ1n) is 24.5. The molecule has 2 unspecified atom stereocenters. The van der Waals surface area contributed by atoms with E-state index in [0.29, 0.717) is 19.3 Å². The number of carbonyl (C=O) groups excluding carboxylic acids is 2. The summed E-state index contributed by atoms with van der Waals surface area (Å²) in [4.78, 5) is 37.1. The van der Waals surface area contributed by atoms with Crippen molar-refractivity contribution in [2.45, 2.75) is 231 Å². The van der Waals surface area contributed by atoms with Gasteiger partial charge in [-0.1, -0.05) is 166 Å². The molecule has 344 valence electrons. The molecule has 1 N–H and O–H groups in total. The summed E-state index contributed by atoms with van der Waals surface area (Å²) in [6, 6.07) is -0.617. The Kier molecular flexibility index (Phi) is 40.5. The largest absolute Gasteiger partial charge is 0.477 e. The molecule has 0 aromatic heterocycles. The molecule has 0 fully saturated rings. The topological polar surface area (TPSA) is 99.1 Å². The molecule has 0 aliphatic heterocycles. The van der Waals surface area contributed by atoms with Gasteiger partial charge in [-0.3, -0.25) is 9.59 Å². The molecule has 0 rings (SSSR count). The van der Waals surface area contributed by atoms with Crippen molar-refractivity contribution in [3.63, 3.8) is 0 Å².